The van der Waals surface area contributed by atoms with Crippen molar-refractivity contribution in [2.24, 2.45) is 17.1 Å². The molecule has 6 heteroatoms. The lowest BCUT2D eigenvalue weighted by Gasteiger charge is -2.59. The summed E-state index contributed by atoms with van der Waals surface area (Å²) >= 11 is 0. The van der Waals surface area contributed by atoms with Crippen molar-refractivity contribution in [1.82, 2.24) is 4.90 Å². The third kappa shape index (κ3) is 4.03. The van der Waals surface area contributed by atoms with Gasteiger partial charge in [-0.2, -0.15) is 0 Å². The normalized spacial score (nSPS) is 26.9. The second-order valence-electron chi connectivity index (χ2n) is 8.59. The van der Waals surface area contributed by atoms with Gasteiger partial charge in [0.25, 0.3) is 0 Å². The van der Waals surface area contributed by atoms with Gasteiger partial charge in [0.1, 0.15) is 11.3 Å². The number of rotatable bonds is 6. The van der Waals surface area contributed by atoms with E-state index in [2.05, 4.69) is 26.0 Å². The number of ether oxygens (including phenoxy) is 2. The number of hydrogen-bond acceptors (Lipinski definition) is 4. The van der Waals surface area contributed by atoms with Crippen molar-refractivity contribution in [2.45, 2.75) is 58.1 Å². The predicted octanol–water partition coefficient (Wildman–Crippen LogP) is 3.43. The molecule has 2 N–H and O–H groups in total. The van der Waals surface area contributed by atoms with E-state index in [0.29, 0.717) is 18.9 Å². The van der Waals surface area contributed by atoms with E-state index < -0.39 is 5.54 Å². The van der Waals surface area contributed by atoms with Crippen molar-refractivity contribution in [3.05, 3.63) is 29.8 Å². The largest absolute Gasteiger partial charge is 0.496 e. The highest BCUT2D eigenvalue weighted by molar-refractivity contribution is 5.89. The van der Waals surface area contributed by atoms with Gasteiger partial charge in [0.2, 0.25) is 5.91 Å². The molecule has 1 aromatic carbocycles. The van der Waals surface area contributed by atoms with Gasteiger partial charge in [-0.1, -0.05) is 32.0 Å². The monoisotopic (exact) mass is 410 g/mol. The smallest absolute Gasteiger partial charge is 0.243 e. The van der Waals surface area contributed by atoms with Crippen LogP contribution in [0.4, 0.5) is 0 Å². The van der Waals surface area contributed by atoms with Gasteiger partial charge < -0.3 is 20.1 Å². The molecule has 2 fully saturated rings. The lowest BCUT2D eigenvalue weighted by Crippen LogP contribution is -2.76. The number of carbonyl (C=O) groups excluding carboxylic acids is 1. The van der Waals surface area contributed by atoms with E-state index >= 15 is 0 Å². The summed E-state index contributed by atoms with van der Waals surface area (Å²) in [6.07, 6.45) is 3.70. The number of hydrogen-bond donors (Lipinski definition) is 1. The summed E-state index contributed by atoms with van der Waals surface area (Å²) in [5.74, 6) is 1.62. The Morgan fingerprint density at radius 1 is 1.25 bits per heavy atom. The molecule has 1 heterocycles. The van der Waals surface area contributed by atoms with Crippen LogP contribution in [0, 0.1) is 11.3 Å². The highest BCUT2D eigenvalue weighted by Crippen LogP contribution is 2.50. The molecule has 0 bridgehead atoms. The second-order valence-corrected chi connectivity index (χ2v) is 8.59. The van der Waals surface area contributed by atoms with Gasteiger partial charge in [0.15, 0.2) is 0 Å². The number of halogens is 1. The molecule has 1 saturated heterocycles. The van der Waals surface area contributed by atoms with Gasteiger partial charge in [-0.25, -0.2) is 0 Å². The predicted molar refractivity (Wildman–Crippen MR) is 114 cm³/mol. The topological polar surface area (TPSA) is 64.8 Å². The van der Waals surface area contributed by atoms with Crippen molar-refractivity contribution < 1.29 is 14.3 Å². The van der Waals surface area contributed by atoms with Crippen LogP contribution in [0.5, 0.6) is 5.75 Å². The second kappa shape index (κ2) is 9.02. The maximum atomic E-state index is 13.2. The number of benzene rings is 1. The molecule has 5 nitrogen and oxygen atoms in total. The molecular formula is C22H35ClN2O3. The quantitative estimate of drug-likeness (QED) is 0.780. The van der Waals surface area contributed by atoms with E-state index in [0.717, 1.165) is 38.1 Å². The fraction of sp³-hybridized carbons (Fsp3) is 0.682. The Labute approximate surface area is 175 Å². The molecule has 3 rings (SSSR count). The fourth-order valence-electron chi connectivity index (χ4n) is 4.60. The summed E-state index contributed by atoms with van der Waals surface area (Å²) in [7, 11) is 1.72. The summed E-state index contributed by atoms with van der Waals surface area (Å²) in [5.41, 5.74) is 6.71. The third-order valence-corrected chi connectivity index (χ3v) is 6.81. The van der Waals surface area contributed by atoms with Crippen molar-refractivity contribution in [3.8, 4) is 5.75 Å². The van der Waals surface area contributed by atoms with E-state index in [9.17, 15) is 4.79 Å². The minimum Gasteiger partial charge on any atom is -0.496 e. The van der Waals surface area contributed by atoms with Crippen LogP contribution < -0.4 is 10.5 Å². The summed E-state index contributed by atoms with van der Waals surface area (Å²) in [6, 6.07) is 8.21. The Balaban J connectivity index is 0.00000280. The Morgan fingerprint density at radius 2 is 1.89 bits per heavy atom. The Bertz CT molecular complexity index is 674. The molecule has 158 valence electrons. The maximum Gasteiger partial charge on any atom is 0.243 e. The van der Waals surface area contributed by atoms with E-state index in [-0.39, 0.29) is 29.8 Å². The van der Waals surface area contributed by atoms with Crippen LogP contribution in [0.25, 0.3) is 0 Å². The molecule has 1 saturated carbocycles. The third-order valence-electron chi connectivity index (χ3n) is 6.81. The summed E-state index contributed by atoms with van der Waals surface area (Å²) in [5, 5.41) is 0. The van der Waals surface area contributed by atoms with Gasteiger partial charge in [0, 0.05) is 31.5 Å². The molecule has 0 spiro atoms. The highest BCUT2D eigenvalue weighted by Gasteiger charge is 2.63. The number of carbonyl (C=O) groups is 1. The van der Waals surface area contributed by atoms with Crippen LogP contribution >= 0.6 is 12.4 Å². The fourth-order valence-corrected chi connectivity index (χ4v) is 4.60. The number of likely N-dealkylation sites (tertiary alicyclic amines) is 1. The minimum absolute atomic E-state index is 0. The van der Waals surface area contributed by atoms with Crippen molar-refractivity contribution in [1.29, 1.82) is 0 Å². The zero-order chi connectivity index (χ0) is 19.7. The molecule has 0 aromatic heterocycles. The standard InChI is InChI=1S/C22H34N2O3.ClH/c1-5-27-19-15-22(23,21(19,2)3)20(25)24-12-10-16(11-13-24)14-17-8-6-7-9-18(17)26-4;/h6-9,16,19H,5,10-15,23H2,1-4H3;1H. The SMILES string of the molecule is CCOC1CC(N)(C(=O)N2CCC(Cc3ccccc3OC)CC2)C1(C)C.Cl. The average molecular weight is 411 g/mol. The summed E-state index contributed by atoms with van der Waals surface area (Å²) in [4.78, 5) is 15.1. The van der Waals surface area contributed by atoms with Crippen LogP contribution in [0.15, 0.2) is 24.3 Å². The number of para-hydroxylation sites is 1. The average Bonchev–Trinajstić information content (AvgIpc) is 2.68. The zero-order valence-corrected chi connectivity index (χ0v) is 18.4. The molecule has 1 amide bonds. The van der Waals surface area contributed by atoms with E-state index in [4.69, 9.17) is 15.2 Å². The van der Waals surface area contributed by atoms with Gasteiger partial charge >= 0.3 is 0 Å². The molecule has 28 heavy (non-hydrogen) atoms. The Hall–Kier alpha value is -1.30. The molecule has 1 aliphatic heterocycles. The number of piperidine rings is 1. The first-order valence-corrected chi connectivity index (χ1v) is 10.1. The minimum atomic E-state index is -0.803. The lowest BCUT2D eigenvalue weighted by molar-refractivity contribution is -0.180. The van der Waals surface area contributed by atoms with E-state index in [1.54, 1.807) is 7.11 Å². The van der Waals surface area contributed by atoms with Crippen molar-refractivity contribution >= 4 is 18.3 Å². The van der Waals surface area contributed by atoms with Crippen molar-refractivity contribution in [3.63, 3.8) is 0 Å². The van der Waals surface area contributed by atoms with Gasteiger partial charge in [-0.15, -0.1) is 12.4 Å². The zero-order valence-electron chi connectivity index (χ0n) is 17.6. The summed E-state index contributed by atoms with van der Waals surface area (Å²) in [6.45, 7) is 8.33. The Morgan fingerprint density at radius 3 is 2.46 bits per heavy atom. The van der Waals surface area contributed by atoms with Gasteiger partial charge in [-0.3, -0.25) is 4.79 Å². The van der Waals surface area contributed by atoms with Gasteiger partial charge in [0.05, 0.1) is 13.2 Å². The molecule has 0 radical (unpaired) electrons. The molecule has 2 aliphatic rings. The number of amides is 1. The first kappa shape index (κ1) is 23.0. The molecule has 1 aromatic rings. The lowest BCUT2D eigenvalue weighted by atomic mass is 9.54. The van der Waals surface area contributed by atoms with Crippen LogP contribution in [-0.4, -0.2) is 49.3 Å². The molecular weight excluding hydrogens is 376 g/mol. The molecule has 1 aliphatic carbocycles. The number of nitrogens with zero attached hydrogens (tertiary/aromatic N) is 1. The first-order chi connectivity index (χ1) is 12.8. The van der Waals surface area contributed by atoms with Crippen molar-refractivity contribution in [2.75, 3.05) is 26.8 Å². The van der Waals surface area contributed by atoms with Crippen LogP contribution in [0.1, 0.15) is 45.6 Å². The van der Waals surface area contributed by atoms with Crippen LogP contribution in [-0.2, 0) is 16.0 Å². The first-order valence-electron chi connectivity index (χ1n) is 10.1. The molecule has 2 unspecified atom stereocenters. The number of nitrogens with two attached hydrogens (primary N) is 1. The number of methoxy groups -OCH3 is 1. The van der Waals surface area contributed by atoms with Crippen LogP contribution in [0.2, 0.25) is 0 Å². The van der Waals surface area contributed by atoms with E-state index in [1.165, 1.54) is 5.56 Å². The summed E-state index contributed by atoms with van der Waals surface area (Å²) < 4.78 is 11.2. The van der Waals surface area contributed by atoms with Gasteiger partial charge in [-0.05, 0) is 43.7 Å². The van der Waals surface area contributed by atoms with E-state index in [1.807, 2.05) is 24.0 Å². The highest BCUT2D eigenvalue weighted by atomic mass is 35.5. The van der Waals surface area contributed by atoms with Crippen LogP contribution in [0.3, 0.4) is 0 Å². The maximum absolute atomic E-state index is 13.2. The molecule has 2 atom stereocenters. The Kier molecular flexibility index (Phi) is 7.40.